The fourth-order valence-electron chi connectivity index (χ4n) is 3.47. The van der Waals surface area contributed by atoms with Gasteiger partial charge in [-0.05, 0) is 41.2 Å². The Kier molecular flexibility index (Phi) is 11.8. The Labute approximate surface area is 196 Å². The number of aliphatic carboxylic acids is 1. The average molecular weight is 456 g/mol. The summed E-state index contributed by atoms with van der Waals surface area (Å²) in [4.78, 5) is 26.2. The zero-order valence-corrected chi connectivity index (χ0v) is 20.6. The fraction of sp³-hybridized carbons (Fsp3) is 0.480. The van der Waals surface area contributed by atoms with Crippen molar-refractivity contribution in [3.05, 3.63) is 53.9 Å². The van der Waals surface area contributed by atoms with E-state index in [-0.39, 0.29) is 18.4 Å². The van der Waals surface area contributed by atoms with Gasteiger partial charge in [-0.2, -0.15) is 5.21 Å². The lowest BCUT2D eigenvalue weighted by molar-refractivity contribution is -0.153. The van der Waals surface area contributed by atoms with E-state index in [0.717, 1.165) is 35.1 Å². The maximum atomic E-state index is 12.8. The topological polar surface area (TPSA) is 112 Å². The van der Waals surface area contributed by atoms with E-state index >= 15 is 0 Å². The van der Waals surface area contributed by atoms with Crippen LogP contribution in [0.3, 0.4) is 0 Å². The van der Waals surface area contributed by atoms with Crippen molar-refractivity contribution < 1.29 is 14.7 Å². The standard InChI is InChI=1S/C23H31N5O3.C2H6/c1-6-8-9-20(29)28(21(15(3)4)23(30)31)14-17-10-12-18(13-11-17)16(5)19(7-2)22-24-26-27-25-22;1-2/h7,10-13,15,21H,5-6,8-9,14H2,1-4H3,(H,30,31)(H,24,25,26,27);1-2H3/b19-7+;. The Morgan fingerprint density at radius 3 is 2.30 bits per heavy atom. The lowest BCUT2D eigenvalue weighted by atomic mass is 9.97. The zero-order valence-electron chi connectivity index (χ0n) is 20.6. The van der Waals surface area contributed by atoms with E-state index in [0.29, 0.717) is 12.2 Å². The highest BCUT2D eigenvalue weighted by Crippen LogP contribution is 2.28. The number of unbranched alkanes of at least 4 members (excludes halogenated alkanes) is 1. The minimum absolute atomic E-state index is 0.134. The lowest BCUT2D eigenvalue weighted by Crippen LogP contribution is -2.47. The number of carbonyl (C=O) groups excluding carboxylic acids is 1. The predicted molar refractivity (Wildman–Crippen MR) is 131 cm³/mol. The molecule has 1 atom stereocenters. The molecule has 0 aliphatic carbocycles. The van der Waals surface area contributed by atoms with Crippen LogP contribution in [0.2, 0.25) is 0 Å². The first-order valence-electron chi connectivity index (χ1n) is 11.5. The number of tetrazole rings is 1. The molecule has 8 nitrogen and oxygen atoms in total. The molecule has 1 unspecified atom stereocenters. The fourth-order valence-corrected chi connectivity index (χ4v) is 3.47. The molecule has 1 aromatic carbocycles. The summed E-state index contributed by atoms with van der Waals surface area (Å²) < 4.78 is 0. The van der Waals surface area contributed by atoms with E-state index in [9.17, 15) is 14.7 Å². The Morgan fingerprint density at radius 2 is 1.85 bits per heavy atom. The van der Waals surface area contributed by atoms with E-state index in [1.165, 1.54) is 4.90 Å². The van der Waals surface area contributed by atoms with Crippen molar-refractivity contribution in [2.45, 2.75) is 73.4 Å². The predicted octanol–water partition coefficient (Wildman–Crippen LogP) is 4.97. The van der Waals surface area contributed by atoms with Crippen molar-refractivity contribution in [1.82, 2.24) is 25.5 Å². The van der Waals surface area contributed by atoms with E-state index in [1.807, 2.05) is 71.9 Å². The molecule has 2 rings (SSSR count). The summed E-state index contributed by atoms with van der Waals surface area (Å²) in [6.45, 7) is 15.9. The first-order valence-corrected chi connectivity index (χ1v) is 11.5. The highest BCUT2D eigenvalue weighted by molar-refractivity contribution is 6.02. The van der Waals surface area contributed by atoms with Gasteiger partial charge in [0, 0.05) is 18.5 Å². The van der Waals surface area contributed by atoms with Crippen molar-refractivity contribution >= 4 is 23.0 Å². The molecule has 33 heavy (non-hydrogen) atoms. The number of aromatic amines is 1. The van der Waals surface area contributed by atoms with Crippen LogP contribution in [0.25, 0.3) is 11.1 Å². The number of H-pyrrole nitrogens is 1. The first kappa shape index (κ1) is 27.7. The van der Waals surface area contributed by atoms with Crippen LogP contribution in [0.15, 0.2) is 36.9 Å². The van der Waals surface area contributed by atoms with Crippen LogP contribution in [-0.4, -0.2) is 48.5 Å². The molecule has 0 aliphatic rings. The third kappa shape index (κ3) is 7.66. The van der Waals surface area contributed by atoms with E-state index in [4.69, 9.17) is 0 Å². The molecule has 0 radical (unpaired) electrons. The van der Waals surface area contributed by atoms with Gasteiger partial charge in [0.15, 0.2) is 0 Å². The summed E-state index contributed by atoms with van der Waals surface area (Å²) >= 11 is 0. The number of nitrogens with zero attached hydrogens (tertiary/aromatic N) is 4. The lowest BCUT2D eigenvalue weighted by Gasteiger charge is -2.32. The molecule has 1 heterocycles. The number of carboxylic acids is 1. The molecule has 8 heteroatoms. The van der Waals surface area contributed by atoms with Gasteiger partial charge in [-0.1, -0.05) is 78.0 Å². The molecule has 2 N–H and O–H groups in total. The van der Waals surface area contributed by atoms with Crippen molar-refractivity contribution in [3.63, 3.8) is 0 Å². The largest absolute Gasteiger partial charge is 0.480 e. The second kappa shape index (κ2) is 14.0. The third-order valence-corrected chi connectivity index (χ3v) is 5.14. The van der Waals surface area contributed by atoms with Crippen molar-refractivity contribution in [2.75, 3.05) is 0 Å². The molecule has 2 aromatic rings. The molecule has 0 bridgehead atoms. The SMILES string of the molecule is C=C(/C(=C\C)c1nn[nH]n1)c1ccc(CN(C(=O)CCCC)C(C(=O)O)C(C)C)cc1.CC. The number of carboxylic acid groups (broad SMARTS) is 1. The van der Waals surface area contributed by atoms with Gasteiger partial charge in [-0.15, -0.1) is 10.2 Å². The van der Waals surface area contributed by atoms with Gasteiger partial charge in [0.25, 0.3) is 0 Å². The number of hydrogen-bond acceptors (Lipinski definition) is 5. The zero-order chi connectivity index (χ0) is 25.0. The number of hydrogen-bond donors (Lipinski definition) is 2. The minimum atomic E-state index is -0.984. The van der Waals surface area contributed by atoms with Crippen LogP contribution in [-0.2, 0) is 16.1 Å². The Morgan fingerprint density at radius 1 is 1.21 bits per heavy atom. The van der Waals surface area contributed by atoms with Crippen LogP contribution in [0.5, 0.6) is 0 Å². The molecule has 0 aliphatic heterocycles. The Hall–Kier alpha value is -3.29. The molecular formula is C25H37N5O3. The molecular weight excluding hydrogens is 418 g/mol. The van der Waals surface area contributed by atoms with E-state index in [1.54, 1.807) is 0 Å². The van der Waals surface area contributed by atoms with Gasteiger partial charge in [-0.3, -0.25) is 4.79 Å². The van der Waals surface area contributed by atoms with Crippen LogP contribution in [0.1, 0.15) is 77.8 Å². The first-order chi connectivity index (χ1) is 15.8. The van der Waals surface area contributed by atoms with Crippen molar-refractivity contribution in [2.24, 2.45) is 5.92 Å². The van der Waals surface area contributed by atoms with Crippen molar-refractivity contribution in [3.8, 4) is 0 Å². The highest BCUT2D eigenvalue weighted by Gasteiger charge is 2.32. The number of rotatable bonds is 11. The van der Waals surface area contributed by atoms with Gasteiger partial charge in [0.1, 0.15) is 6.04 Å². The number of aromatic nitrogens is 4. The molecule has 180 valence electrons. The van der Waals surface area contributed by atoms with Crippen LogP contribution in [0, 0.1) is 5.92 Å². The Bertz CT molecular complexity index is 918. The number of benzene rings is 1. The number of carbonyl (C=O) groups is 2. The number of nitrogens with one attached hydrogen (secondary N) is 1. The summed E-state index contributed by atoms with van der Waals surface area (Å²) in [5, 5.41) is 23.8. The summed E-state index contributed by atoms with van der Waals surface area (Å²) in [5.41, 5.74) is 3.25. The van der Waals surface area contributed by atoms with Crippen LogP contribution < -0.4 is 0 Å². The number of allylic oxidation sites excluding steroid dienone is 3. The van der Waals surface area contributed by atoms with Gasteiger partial charge in [-0.25, -0.2) is 4.79 Å². The summed E-state index contributed by atoms with van der Waals surface area (Å²) in [7, 11) is 0. The normalized spacial score (nSPS) is 12.0. The molecule has 0 fully saturated rings. The highest BCUT2D eigenvalue weighted by atomic mass is 16.4. The van der Waals surface area contributed by atoms with Crippen LogP contribution >= 0.6 is 0 Å². The maximum Gasteiger partial charge on any atom is 0.326 e. The van der Waals surface area contributed by atoms with Crippen LogP contribution in [0.4, 0.5) is 0 Å². The Balaban J connectivity index is 0.00000265. The number of amides is 1. The molecule has 1 aromatic heterocycles. The summed E-state index contributed by atoms with van der Waals surface area (Å²) in [5.74, 6) is -0.854. The smallest absolute Gasteiger partial charge is 0.326 e. The minimum Gasteiger partial charge on any atom is -0.480 e. The molecule has 1 amide bonds. The third-order valence-electron chi connectivity index (χ3n) is 5.14. The summed E-state index contributed by atoms with van der Waals surface area (Å²) in [6, 6.07) is 6.72. The van der Waals surface area contributed by atoms with Gasteiger partial charge in [0.2, 0.25) is 11.7 Å². The quantitative estimate of drug-likeness (QED) is 0.463. The van der Waals surface area contributed by atoms with Gasteiger partial charge < -0.3 is 10.0 Å². The van der Waals surface area contributed by atoms with Gasteiger partial charge >= 0.3 is 5.97 Å². The second-order valence-corrected chi connectivity index (χ2v) is 7.77. The summed E-state index contributed by atoms with van der Waals surface area (Å²) in [6.07, 6.45) is 3.83. The molecule has 0 saturated heterocycles. The monoisotopic (exact) mass is 455 g/mol. The average Bonchev–Trinajstić information content (AvgIpc) is 3.33. The molecule has 0 spiro atoms. The second-order valence-electron chi connectivity index (χ2n) is 7.77. The molecule has 0 saturated carbocycles. The van der Waals surface area contributed by atoms with E-state index in [2.05, 4.69) is 27.2 Å². The van der Waals surface area contributed by atoms with Gasteiger partial charge in [0.05, 0.1) is 0 Å². The van der Waals surface area contributed by atoms with E-state index < -0.39 is 12.0 Å². The van der Waals surface area contributed by atoms with Crippen molar-refractivity contribution in [1.29, 1.82) is 0 Å². The maximum absolute atomic E-state index is 12.8.